The van der Waals surface area contributed by atoms with Gasteiger partial charge >= 0.3 is 0 Å². The first-order valence-electron chi connectivity index (χ1n) is 7.46. The van der Waals surface area contributed by atoms with E-state index in [2.05, 4.69) is 24.1 Å². The van der Waals surface area contributed by atoms with E-state index in [0.717, 1.165) is 13.1 Å². The largest absolute Gasteiger partial charge is 0.497 e. The molecule has 1 aliphatic heterocycles. The highest BCUT2D eigenvalue weighted by Crippen LogP contribution is 2.26. The minimum Gasteiger partial charge on any atom is -0.497 e. The summed E-state index contributed by atoms with van der Waals surface area (Å²) < 4.78 is 19.0. The molecule has 1 fully saturated rings. The molecule has 1 aromatic carbocycles. The van der Waals surface area contributed by atoms with Gasteiger partial charge in [0.15, 0.2) is 0 Å². The van der Waals surface area contributed by atoms with Gasteiger partial charge in [0.2, 0.25) is 0 Å². The molecule has 2 unspecified atom stereocenters. The second kappa shape index (κ2) is 6.93. The molecule has 1 saturated heterocycles. The summed E-state index contributed by atoms with van der Waals surface area (Å²) in [7, 11) is 1.60. The van der Waals surface area contributed by atoms with Crippen molar-refractivity contribution in [3.8, 4) is 5.75 Å². The number of halogens is 1. The van der Waals surface area contributed by atoms with Crippen molar-refractivity contribution in [2.75, 3.05) is 32.1 Å². The third-order valence-corrected chi connectivity index (χ3v) is 4.25. The average Bonchev–Trinajstić information content (AvgIpc) is 2.49. The van der Waals surface area contributed by atoms with Crippen LogP contribution in [0.25, 0.3) is 0 Å². The molecule has 0 radical (unpaired) electrons. The second-order valence-electron chi connectivity index (χ2n) is 5.57. The second-order valence-corrected chi connectivity index (χ2v) is 5.57. The Balaban J connectivity index is 2.01. The highest BCUT2D eigenvalue weighted by Gasteiger charge is 2.24. The average molecular weight is 280 g/mol. The van der Waals surface area contributed by atoms with Gasteiger partial charge in [-0.2, -0.15) is 0 Å². The number of hydrogen-bond acceptors (Lipinski definition) is 3. The molecule has 112 valence electrons. The first-order valence-corrected chi connectivity index (χ1v) is 7.46. The number of piperidine rings is 1. The SMILES string of the molecule is CCN1CCCC(C(C)Nc2cc(OC)ccc2F)C1. The van der Waals surface area contributed by atoms with Crippen molar-refractivity contribution in [3.63, 3.8) is 0 Å². The molecular weight excluding hydrogens is 255 g/mol. The first kappa shape index (κ1) is 15.1. The van der Waals surface area contributed by atoms with Crippen LogP contribution in [0.3, 0.4) is 0 Å². The predicted molar refractivity (Wildman–Crippen MR) is 80.9 cm³/mol. The van der Waals surface area contributed by atoms with E-state index in [4.69, 9.17) is 4.74 Å². The summed E-state index contributed by atoms with van der Waals surface area (Å²) >= 11 is 0. The Morgan fingerprint density at radius 3 is 3.00 bits per heavy atom. The molecule has 4 heteroatoms. The number of rotatable bonds is 5. The quantitative estimate of drug-likeness (QED) is 0.895. The molecule has 1 aliphatic rings. The van der Waals surface area contributed by atoms with Gasteiger partial charge in [-0.05, 0) is 50.9 Å². The monoisotopic (exact) mass is 280 g/mol. The van der Waals surface area contributed by atoms with E-state index in [-0.39, 0.29) is 11.9 Å². The zero-order valence-electron chi connectivity index (χ0n) is 12.7. The van der Waals surface area contributed by atoms with Gasteiger partial charge in [0, 0.05) is 18.7 Å². The van der Waals surface area contributed by atoms with E-state index in [9.17, 15) is 4.39 Å². The van der Waals surface area contributed by atoms with Crippen LogP contribution in [0.15, 0.2) is 18.2 Å². The van der Waals surface area contributed by atoms with E-state index < -0.39 is 0 Å². The number of benzene rings is 1. The standard InChI is InChI=1S/C16H25FN2O/c1-4-19-9-5-6-13(11-19)12(2)18-16-10-14(20-3)7-8-15(16)17/h7-8,10,12-13,18H,4-6,9,11H2,1-3H3. The third-order valence-electron chi connectivity index (χ3n) is 4.25. The van der Waals surface area contributed by atoms with Crippen LogP contribution >= 0.6 is 0 Å². The molecular formula is C16H25FN2O. The van der Waals surface area contributed by atoms with Crippen LogP contribution in [-0.2, 0) is 0 Å². The number of methoxy groups -OCH3 is 1. The highest BCUT2D eigenvalue weighted by atomic mass is 19.1. The molecule has 2 atom stereocenters. The van der Waals surface area contributed by atoms with Crippen molar-refractivity contribution in [1.82, 2.24) is 4.90 Å². The summed E-state index contributed by atoms with van der Waals surface area (Å²) in [6.45, 7) is 7.71. The van der Waals surface area contributed by atoms with Crippen LogP contribution < -0.4 is 10.1 Å². The summed E-state index contributed by atoms with van der Waals surface area (Å²) in [4.78, 5) is 2.47. The van der Waals surface area contributed by atoms with Crippen LogP contribution in [0.5, 0.6) is 5.75 Å². The maximum atomic E-state index is 13.8. The molecule has 20 heavy (non-hydrogen) atoms. The van der Waals surface area contributed by atoms with Gasteiger partial charge < -0.3 is 15.0 Å². The molecule has 2 rings (SSSR count). The summed E-state index contributed by atoms with van der Waals surface area (Å²) in [5, 5.41) is 3.32. The third kappa shape index (κ3) is 3.63. The van der Waals surface area contributed by atoms with E-state index in [1.807, 2.05) is 0 Å². The summed E-state index contributed by atoms with van der Waals surface area (Å²) in [5.74, 6) is 1.02. The Kier molecular flexibility index (Phi) is 5.24. The Morgan fingerprint density at radius 1 is 1.50 bits per heavy atom. The fraction of sp³-hybridized carbons (Fsp3) is 0.625. The van der Waals surface area contributed by atoms with Crippen molar-refractivity contribution in [2.45, 2.75) is 32.7 Å². The van der Waals surface area contributed by atoms with Crippen LogP contribution in [0.2, 0.25) is 0 Å². The number of ether oxygens (including phenoxy) is 1. The lowest BCUT2D eigenvalue weighted by molar-refractivity contribution is 0.172. The van der Waals surface area contributed by atoms with Gasteiger partial charge in [0.1, 0.15) is 11.6 Å². The smallest absolute Gasteiger partial charge is 0.146 e. The van der Waals surface area contributed by atoms with Gasteiger partial charge in [0.25, 0.3) is 0 Å². The lowest BCUT2D eigenvalue weighted by Crippen LogP contribution is -2.41. The Labute approximate surface area is 121 Å². The van der Waals surface area contributed by atoms with Crippen molar-refractivity contribution in [3.05, 3.63) is 24.0 Å². The van der Waals surface area contributed by atoms with Crippen molar-refractivity contribution < 1.29 is 9.13 Å². The van der Waals surface area contributed by atoms with Crippen LogP contribution in [0, 0.1) is 11.7 Å². The van der Waals surface area contributed by atoms with E-state index in [1.54, 1.807) is 19.2 Å². The van der Waals surface area contributed by atoms with Crippen molar-refractivity contribution >= 4 is 5.69 Å². The number of likely N-dealkylation sites (tertiary alicyclic amines) is 1. The molecule has 0 aliphatic carbocycles. The van der Waals surface area contributed by atoms with Crippen molar-refractivity contribution in [2.24, 2.45) is 5.92 Å². The maximum absolute atomic E-state index is 13.8. The molecule has 0 spiro atoms. The summed E-state index contributed by atoms with van der Waals surface area (Å²) in [5.41, 5.74) is 0.533. The normalized spacial score (nSPS) is 21.5. The molecule has 0 bridgehead atoms. The van der Waals surface area contributed by atoms with Crippen molar-refractivity contribution in [1.29, 1.82) is 0 Å². The van der Waals surface area contributed by atoms with Crippen LogP contribution in [-0.4, -0.2) is 37.7 Å². The van der Waals surface area contributed by atoms with Gasteiger partial charge in [-0.25, -0.2) is 4.39 Å². The van der Waals surface area contributed by atoms with Gasteiger partial charge in [-0.3, -0.25) is 0 Å². The molecule has 3 nitrogen and oxygen atoms in total. The van der Waals surface area contributed by atoms with Gasteiger partial charge in [0.05, 0.1) is 12.8 Å². The highest BCUT2D eigenvalue weighted by molar-refractivity contribution is 5.50. The van der Waals surface area contributed by atoms with Gasteiger partial charge in [-0.1, -0.05) is 6.92 Å². The maximum Gasteiger partial charge on any atom is 0.146 e. The fourth-order valence-corrected chi connectivity index (χ4v) is 2.89. The summed E-state index contributed by atoms with van der Waals surface area (Å²) in [6.07, 6.45) is 2.43. The number of nitrogens with one attached hydrogen (secondary N) is 1. The Morgan fingerprint density at radius 2 is 2.30 bits per heavy atom. The zero-order valence-corrected chi connectivity index (χ0v) is 12.7. The topological polar surface area (TPSA) is 24.5 Å². The predicted octanol–water partition coefficient (Wildman–Crippen LogP) is 3.37. The summed E-state index contributed by atoms with van der Waals surface area (Å²) in [6, 6.07) is 5.08. The molecule has 1 aromatic rings. The van der Waals surface area contributed by atoms with Gasteiger partial charge in [-0.15, -0.1) is 0 Å². The van der Waals surface area contributed by atoms with E-state index in [1.165, 1.54) is 25.5 Å². The number of hydrogen-bond donors (Lipinski definition) is 1. The molecule has 0 amide bonds. The minimum atomic E-state index is -0.221. The fourth-order valence-electron chi connectivity index (χ4n) is 2.89. The first-order chi connectivity index (χ1) is 9.63. The van der Waals surface area contributed by atoms with E-state index in [0.29, 0.717) is 17.4 Å². The van der Waals surface area contributed by atoms with E-state index >= 15 is 0 Å². The Bertz CT molecular complexity index is 438. The zero-order chi connectivity index (χ0) is 14.5. The Hall–Kier alpha value is -1.29. The lowest BCUT2D eigenvalue weighted by Gasteiger charge is -2.35. The minimum absolute atomic E-state index is 0.221. The molecule has 1 N–H and O–H groups in total. The number of nitrogens with zero attached hydrogens (tertiary/aromatic N) is 1. The molecule has 0 aromatic heterocycles. The number of anilines is 1. The van der Waals surface area contributed by atoms with Crippen LogP contribution in [0.1, 0.15) is 26.7 Å². The lowest BCUT2D eigenvalue weighted by atomic mass is 9.91. The van der Waals surface area contributed by atoms with Crippen LogP contribution in [0.4, 0.5) is 10.1 Å². The molecule has 1 heterocycles. The molecule has 0 saturated carbocycles.